The van der Waals surface area contributed by atoms with Gasteiger partial charge in [0.05, 0.1) is 4.92 Å². The topological polar surface area (TPSA) is 88.0 Å². The second-order valence-corrected chi connectivity index (χ2v) is 7.70. The highest BCUT2D eigenvalue weighted by Gasteiger charge is 2.37. The second kappa shape index (κ2) is 9.82. The van der Waals surface area contributed by atoms with Crippen LogP contribution < -0.4 is 5.32 Å². The monoisotopic (exact) mass is 390 g/mol. The molecule has 3 fully saturated rings. The molecule has 3 rings (SSSR count). The molecule has 0 spiro atoms. The van der Waals surface area contributed by atoms with Crippen LogP contribution in [0.4, 0.5) is 0 Å². The molecular formula is C17H31ClN4O4. The lowest BCUT2D eigenvalue weighted by atomic mass is 9.85. The Bertz CT molecular complexity index is 479. The third-order valence-electron chi connectivity index (χ3n) is 5.96. The minimum Gasteiger partial charge on any atom is -0.354 e. The van der Waals surface area contributed by atoms with Crippen LogP contribution in [0, 0.1) is 16.0 Å². The van der Waals surface area contributed by atoms with Gasteiger partial charge in [-0.15, -0.1) is 12.4 Å². The first-order chi connectivity index (χ1) is 12.0. The van der Waals surface area contributed by atoms with Crippen LogP contribution in [0.25, 0.3) is 0 Å². The Hall–Kier alpha value is -0.960. The van der Waals surface area contributed by atoms with E-state index in [4.69, 9.17) is 4.74 Å². The summed E-state index contributed by atoms with van der Waals surface area (Å²) in [5, 5.41) is 13.6. The fraction of sp³-hybridized carbons (Fsp3) is 0.941. The normalized spacial score (nSPS) is 33.4. The van der Waals surface area contributed by atoms with E-state index in [0.717, 1.165) is 25.9 Å². The third kappa shape index (κ3) is 5.52. The molecule has 2 heterocycles. The van der Waals surface area contributed by atoms with Crippen molar-refractivity contribution in [3.05, 3.63) is 10.1 Å². The summed E-state index contributed by atoms with van der Waals surface area (Å²) >= 11 is 0. The Kier molecular flexibility index (Phi) is 8.06. The van der Waals surface area contributed by atoms with E-state index in [-0.39, 0.29) is 18.3 Å². The molecule has 2 aliphatic heterocycles. The first-order valence-electron chi connectivity index (χ1n) is 9.52. The number of hydrogen-bond acceptors (Lipinski definition) is 6. The van der Waals surface area contributed by atoms with Crippen molar-refractivity contribution in [3.8, 4) is 0 Å². The molecule has 1 amide bonds. The van der Waals surface area contributed by atoms with Gasteiger partial charge in [0.1, 0.15) is 6.10 Å². The number of piperazine rings is 1. The molecule has 0 bridgehead atoms. The smallest absolute Gasteiger partial charge is 0.316 e. The summed E-state index contributed by atoms with van der Waals surface area (Å²) in [7, 11) is 2.18. The number of ether oxygens (including phenoxy) is 1. The van der Waals surface area contributed by atoms with Gasteiger partial charge in [0.25, 0.3) is 0 Å². The van der Waals surface area contributed by atoms with E-state index in [0.29, 0.717) is 31.3 Å². The molecule has 2 atom stereocenters. The highest BCUT2D eigenvalue weighted by atomic mass is 35.5. The van der Waals surface area contributed by atoms with Crippen LogP contribution in [-0.2, 0) is 9.53 Å². The van der Waals surface area contributed by atoms with Crippen LogP contribution in [0.3, 0.4) is 0 Å². The van der Waals surface area contributed by atoms with Crippen LogP contribution in [-0.4, -0.2) is 78.8 Å². The zero-order valence-electron chi connectivity index (χ0n) is 15.5. The highest BCUT2D eigenvalue weighted by molar-refractivity contribution is 5.85. The molecule has 8 nitrogen and oxygen atoms in total. The minimum absolute atomic E-state index is 0. The van der Waals surface area contributed by atoms with Gasteiger partial charge < -0.3 is 15.0 Å². The Morgan fingerprint density at radius 3 is 2.35 bits per heavy atom. The van der Waals surface area contributed by atoms with Gasteiger partial charge in [-0.05, 0) is 45.1 Å². The van der Waals surface area contributed by atoms with Crippen molar-refractivity contribution in [2.75, 3.05) is 39.8 Å². The number of hydrogen-bond donors (Lipinski definition) is 1. The van der Waals surface area contributed by atoms with Crippen LogP contribution in [0.5, 0.6) is 0 Å². The number of amides is 1. The molecule has 150 valence electrons. The number of nitrogens with zero attached hydrogens (tertiary/aromatic N) is 3. The van der Waals surface area contributed by atoms with Gasteiger partial charge in [0, 0.05) is 45.2 Å². The number of carbonyl (C=O) groups excluding carboxylic acids is 1. The lowest BCUT2D eigenvalue weighted by Crippen LogP contribution is -2.50. The summed E-state index contributed by atoms with van der Waals surface area (Å²) in [4.78, 5) is 27.4. The van der Waals surface area contributed by atoms with Crippen molar-refractivity contribution in [1.82, 2.24) is 15.1 Å². The first kappa shape index (κ1) is 21.3. The minimum atomic E-state index is -1.02. The molecule has 2 unspecified atom stereocenters. The van der Waals surface area contributed by atoms with E-state index < -0.39 is 17.3 Å². The molecule has 0 radical (unpaired) electrons. The number of nitro groups is 1. The van der Waals surface area contributed by atoms with Gasteiger partial charge in [0.15, 0.2) is 0 Å². The molecule has 0 aromatic rings. The summed E-state index contributed by atoms with van der Waals surface area (Å²) in [5.41, 5.74) is 0. The first-order valence-corrected chi connectivity index (χ1v) is 9.52. The average molecular weight is 391 g/mol. The number of likely N-dealkylation sites (N-methyl/N-ethyl adjacent to an activating group) is 1. The van der Waals surface area contributed by atoms with Crippen LogP contribution in [0.1, 0.15) is 38.5 Å². The quantitative estimate of drug-likeness (QED) is 0.559. The van der Waals surface area contributed by atoms with Crippen molar-refractivity contribution in [3.63, 3.8) is 0 Å². The van der Waals surface area contributed by atoms with Crippen molar-refractivity contribution < 1.29 is 14.5 Å². The second-order valence-electron chi connectivity index (χ2n) is 7.70. The standard InChI is InChI=1S/C17H30N4O4.ClH/c1-19-8-10-20(11-9-19)14-4-2-13(3-5-14)12-18-17(22)15-6-7-16(25-15)21(23)24;/h13-16H,2-12H2,1H3,(H,18,22);1H. The zero-order chi connectivity index (χ0) is 17.8. The summed E-state index contributed by atoms with van der Waals surface area (Å²) in [6.07, 6.45) is 3.77. The van der Waals surface area contributed by atoms with E-state index in [9.17, 15) is 14.9 Å². The Morgan fingerprint density at radius 2 is 1.77 bits per heavy atom. The third-order valence-corrected chi connectivity index (χ3v) is 5.96. The molecule has 0 aromatic heterocycles. The summed E-state index contributed by atoms with van der Waals surface area (Å²) < 4.78 is 5.21. The highest BCUT2D eigenvalue weighted by Crippen LogP contribution is 2.28. The van der Waals surface area contributed by atoms with Gasteiger partial charge in [0.2, 0.25) is 5.91 Å². The van der Waals surface area contributed by atoms with E-state index in [2.05, 4.69) is 22.2 Å². The molecule has 0 aromatic carbocycles. The van der Waals surface area contributed by atoms with Crippen LogP contribution in [0.2, 0.25) is 0 Å². The van der Waals surface area contributed by atoms with Gasteiger partial charge in [-0.2, -0.15) is 0 Å². The Morgan fingerprint density at radius 1 is 1.12 bits per heavy atom. The fourth-order valence-corrected chi connectivity index (χ4v) is 4.23. The zero-order valence-corrected chi connectivity index (χ0v) is 16.3. The SMILES string of the molecule is CN1CCN(C2CCC(CNC(=O)C3CCC([N+](=O)[O-])O3)CC2)CC1.Cl. The van der Waals surface area contributed by atoms with E-state index >= 15 is 0 Å². The molecule has 1 saturated carbocycles. The molecule has 26 heavy (non-hydrogen) atoms. The number of halogens is 1. The Balaban J connectivity index is 0.00000243. The van der Waals surface area contributed by atoms with Crippen molar-refractivity contribution in [2.45, 2.75) is 56.9 Å². The molecular weight excluding hydrogens is 360 g/mol. The number of rotatable bonds is 5. The predicted molar refractivity (Wildman–Crippen MR) is 100.0 cm³/mol. The molecule has 3 aliphatic rings. The van der Waals surface area contributed by atoms with E-state index in [1.165, 1.54) is 25.9 Å². The molecule has 1 aliphatic carbocycles. The predicted octanol–water partition coefficient (Wildman–Crippen LogP) is 1.11. The Labute approximate surface area is 161 Å². The average Bonchev–Trinajstić information content (AvgIpc) is 3.11. The maximum Gasteiger partial charge on any atom is 0.316 e. The van der Waals surface area contributed by atoms with Crippen molar-refractivity contribution in [2.24, 2.45) is 5.92 Å². The van der Waals surface area contributed by atoms with Gasteiger partial charge in [-0.1, -0.05) is 0 Å². The summed E-state index contributed by atoms with van der Waals surface area (Å²) in [6.45, 7) is 5.31. The van der Waals surface area contributed by atoms with Gasteiger partial charge in [-0.25, -0.2) is 0 Å². The number of carbonyl (C=O) groups is 1. The van der Waals surface area contributed by atoms with Crippen molar-refractivity contribution in [1.29, 1.82) is 0 Å². The van der Waals surface area contributed by atoms with Gasteiger partial charge in [-0.3, -0.25) is 19.8 Å². The van der Waals surface area contributed by atoms with E-state index in [1.807, 2.05) is 0 Å². The summed E-state index contributed by atoms with van der Waals surface area (Å²) in [5.74, 6) is 0.325. The largest absolute Gasteiger partial charge is 0.354 e. The molecule has 9 heteroatoms. The maximum atomic E-state index is 12.1. The molecule has 2 saturated heterocycles. The maximum absolute atomic E-state index is 12.1. The van der Waals surface area contributed by atoms with Crippen molar-refractivity contribution >= 4 is 18.3 Å². The lowest BCUT2D eigenvalue weighted by molar-refractivity contribution is -0.570. The lowest BCUT2D eigenvalue weighted by Gasteiger charge is -2.41. The van der Waals surface area contributed by atoms with Crippen LogP contribution >= 0.6 is 12.4 Å². The van der Waals surface area contributed by atoms with E-state index in [1.54, 1.807) is 0 Å². The summed E-state index contributed by atoms with van der Waals surface area (Å²) in [6, 6.07) is 0.694. The molecule has 1 N–H and O–H groups in total. The van der Waals surface area contributed by atoms with Gasteiger partial charge >= 0.3 is 6.23 Å². The number of nitrogens with one attached hydrogen (secondary N) is 1. The van der Waals surface area contributed by atoms with Crippen LogP contribution in [0.15, 0.2) is 0 Å². The fourth-order valence-electron chi connectivity index (χ4n) is 4.23.